The van der Waals surface area contributed by atoms with Gasteiger partial charge >= 0.3 is 12.1 Å². The molecule has 27 heavy (non-hydrogen) atoms. The fourth-order valence-electron chi connectivity index (χ4n) is 2.87. The Morgan fingerprint density at radius 2 is 1.78 bits per heavy atom. The van der Waals surface area contributed by atoms with Gasteiger partial charge in [-0.25, -0.2) is 9.78 Å². The zero-order valence-electron chi connectivity index (χ0n) is 15.7. The lowest BCUT2D eigenvalue weighted by atomic mass is 9.95. The predicted octanol–water partition coefficient (Wildman–Crippen LogP) is 4.46. The van der Waals surface area contributed by atoms with Crippen LogP contribution in [0.25, 0.3) is 0 Å². The van der Waals surface area contributed by atoms with Gasteiger partial charge in [0.25, 0.3) is 0 Å². The average Bonchev–Trinajstić information content (AvgIpc) is 2.83. The number of hydrogen-bond acceptors (Lipinski definition) is 3. The van der Waals surface area contributed by atoms with Gasteiger partial charge in [0, 0.05) is 23.2 Å². The first-order valence-corrected chi connectivity index (χ1v) is 8.25. The second-order valence-corrected chi connectivity index (χ2v) is 7.44. The van der Waals surface area contributed by atoms with Crippen LogP contribution in [0.3, 0.4) is 0 Å². The Labute approximate surface area is 154 Å². The molecule has 146 valence electrons. The maximum absolute atomic E-state index is 13.5. The molecule has 2 aromatic rings. The van der Waals surface area contributed by atoms with E-state index in [9.17, 15) is 27.9 Å². The summed E-state index contributed by atoms with van der Waals surface area (Å²) in [5, 5.41) is 9.32. The molecule has 0 fully saturated rings. The summed E-state index contributed by atoms with van der Waals surface area (Å²) in [6.45, 7) is 7.93. The van der Waals surface area contributed by atoms with E-state index in [1.54, 1.807) is 20.8 Å². The monoisotopic (exact) mass is 382 g/mol. The molecule has 0 atom stereocenters. The highest BCUT2D eigenvalue weighted by atomic mass is 19.4. The molecule has 1 heterocycles. The minimum absolute atomic E-state index is 0.0318. The number of aromatic nitrogens is 2. The summed E-state index contributed by atoms with van der Waals surface area (Å²) < 4.78 is 42.1. The normalized spacial score (nSPS) is 12.3. The van der Waals surface area contributed by atoms with Gasteiger partial charge in [0.1, 0.15) is 5.82 Å². The van der Waals surface area contributed by atoms with Gasteiger partial charge in [0.2, 0.25) is 0 Å². The number of Topliss-reactive ketones (excluding diaryl/α,β-unsaturated/α-hetero) is 1. The molecule has 1 aromatic carbocycles. The second kappa shape index (κ2) is 6.83. The number of imidazole rings is 1. The average molecular weight is 382 g/mol. The molecule has 1 aromatic heterocycles. The van der Waals surface area contributed by atoms with Crippen LogP contribution >= 0.6 is 0 Å². The number of nitrogens with zero attached hydrogens (tertiary/aromatic N) is 2. The van der Waals surface area contributed by atoms with Crippen LogP contribution < -0.4 is 0 Å². The van der Waals surface area contributed by atoms with E-state index in [0.29, 0.717) is 5.82 Å². The molecule has 0 aliphatic carbocycles. The van der Waals surface area contributed by atoms with E-state index >= 15 is 0 Å². The Morgan fingerprint density at radius 1 is 1.19 bits per heavy atom. The number of carboxylic acids is 1. The number of ketones is 1. The number of aromatic carboxylic acids is 1. The maximum Gasteiger partial charge on any atom is 0.416 e. The van der Waals surface area contributed by atoms with Gasteiger partial charge < -0.3 is 9.67 Å². The van der Waals surface area contributed by atoms with Crippen molar-refractivity contribution in [2.75, 3.05) is 0 Å². The number of carbonyl (C=O) groups is 2. The van der Waals surface area contributed by atoms with Crippen molar-refractivity contribution in [1.29, 1.82) is 0 Å². The van der Waals surface area contributed by atoms with Crippen molar-refractivity contribution < 1.29 is 27.9 Å². The van der Waals surface area contributed by atoms with Gasteiger partial charge in [-0.2, -0.15) is 13.2 Å². The Kier molecular flexibility index (Phi) is 5.23. The smallest absolute Gasteiger partial charge is 0.416 e. The summed E-state index contributed by atoms with van der Waals surface area (Å²) in [5.74, 6) is -1.32. The van der Waals surface area contributed by atoms with Crippen LogP contribution in [0.1, 0.15) is 71.2 Å². The third kappa shape index (κ3) is 4.20. The number of halogens is 3. The van der Waals surface area contributed by atoms with Crippen LogP contribution in [0.15, 0.2) is 18.2 Å². The largest absolute Gasteiger partial charge is 0.476 e. The van der Waals surface area contributed by atoms with Gasteiger partial charge in [-0.05, 0) is 25.5 Å². The topological polar surface area (TPSA) is 72.2 Å². The van der Waals surface area contributed by atoms with E-state index in [0.717, 1.165) is 6.07 Å². The quantitative estimate of drug-likeness (QED) is 0.793. The van der Waals surface area contributed by atoms with Crippen LogP contribution in [-0.2, 0) is 18.1 Å². The molecule has 0 unspecified atom stereocenters. The highest BCUT2D eigenvalue weighted by Crippen LogP contribution is 2.34. The van der Waals surface area contributed by atoms with Crippen molar-refractivity contribution >= 4 is 11.8 Å². The number of alkyl halides is 3. The number of benzene rings is 1. The van der Waals surface area contributed by atoms with Crippen LogP contribution in [0.5, 0.6) is 0 Å². The highest BCUT2D eigenvalue weighted by molar-refractivity contribution is 5.94. The van der Waals surface area contributed by atoms with Crippen molar-refractivity contribution in [2.24, 2.45) is 0 Å². The van der Waals surface area contributed by atoms with E-state index < -0.39 is 28.9 Å². The van der Waals surface area contributed by atoms with Gasteiger partial charge in [0.05, 0.1) is 5.56 Å². The Balaban J connectivity index is 2.67. The summed E-state index contributed by atoms with van der Waals surface area (Å²) in [6.07, 6.45) is -4.65. The zero-order valence-corrected chi connectivity index (χ0v) is 15.7. The van der Waals surface area contributed by atoms with E-state index in [-0.39, 0.29) is 29.1 Å². The summed E-state index contributed by atoms with van der Waals surface area (Å²) in [5.41, 5.74) is -1.49. The molecule has 0 amide bonds. The molecular formula is C19H21F3N2O3. The third-order valence-corrected chi connectivity index (χ3v) is 4.24. The first kappa shape index (κ1) is 20.7. The van der Waals surface area contributed by atoms with Gasteiger partial charge in [-0.15, -0.1) is 0 Å². The molecule has 0 bridgehead atoms. The fraction of sp³-hybridized carbons (Fsp3) is 0.421. The first-order valence-electron chi connectivity index (χ1n) is 8.25. The Bertz CT molecular complexity index is 906. The van der Waals surface area contributed by atoms with Crippen molar-refractivity contribution in [3.8, 4) is 0 Å². The van der Waals surface area contributed by atoms with Crippen molar-refractivity contribution in [2.45, 2.75) is 52.8 Å². The number of carboxylic acid groups (broad SMARTS) is 1. The van der Waals surface area contributed by atoms with Crippen molar-refractivity contribution in [3.63, 3.8) is 0 Å². The lowest BCUT2D eigenvalue weighted by Crippen LogP contribution is -2.21. The molecule has 0 aliphatic heterocycles. The van der Waals surface area contributed by atoms with Crippen LogP contribution in [0, 0.1) is 6.92 Å². The number of hydrogen-bond donors (Lipinski definition) is 1. The molecule has 0 spiro atoms. The van der Waals surface area contributed by atoms with Crippen molar-refractivity contribution in [3.05, 3.63) is 52.1 Å². The summed E-state index contributed by atoms with van der Waals surface area (Å²) in [4.78, 5) is 27.0. The van der Waals surface area contributed by atoms with Crippen LogP contribution in [0.2, 0.25) is 0 Å². The van der Waals surface area contributed by atoms with Crippen LogP contribution in [0.4, 0.5) is 13.2 Å². The lowest BCUT2D eigenvalue weighted by molar-refractivity contribution is -0.138. The van der Waals surface area contributed by atoms with E-state index in [4.69, 9.17) is 0 Å². The molecule has 1 N–H and O–H groups in total. The number of carbonyl (C=O) groups excluding carboxylic acids is 1. The molecule has 8 heteroatoms. The molecule has 5 nitrogen and oxygen atoms in total. The second-order valence-electron chi connectivity index (χ2n) is 7.44. The lowest BCUT2D eigenvalue weighted by Gasteiger charge is -2.22. The van der Waals surface area contributed by atoms with E-state index in [1.807, 2.05) is 0 Å². The Hall–Kier alpha value is -2.64. The van der Waals surface area contributed by atoms with Gasteiger partial charge in [-0.1, -0.05) is 32.9 Å². The fourth-order valence-corrected chi connectivity index (χ4v) is 2.87. The molecule has 0 saturated carbocycles. The number of rotatable bonds is 4. The predicted molar refractivity (Wildman–Crippen MR) is 93.2 cm³/mol. The van der Waals surface area contributed by atoms with E-state index in [2.05, 4.69) is 4.98 Å². The van der Waals surface area contributed by atoms with E-state index in [1.165, 1.54) is 30.5 Å². The molecule has 0 saturated heterocycles. The first-order chi connectivity index (χ1) is 12.2. The SMILES string of the molecule is CC(=O)c1ccc(Cn2c(C(C)(C)C)nc(C(=O)O)c2C)c(C(F)(F)F)c1. The molecule has 2 rings (SSSR count). The Morgan fingerprint density at radius 3 is 2.22 bits per heavy atom. The highest BCUT2D eigenvalue weighted by Gasteiger charge is 2.35. The summed E-state index contributed by atoms with van der Waals surface area (Å²) in [7, 11) is 0. The van der Waals surface area contributed by atoms with Gasteiger partial charge in [0.15, 0.2) is 11.5 Å². The van der Waals surface area contributed by atoms with Gasteiger partial charge in [-0.3, -0.25) is 4.79 Å². The standard InChI is InChI=1S/C19H21F3N2O3/c1-10-15(16(26)27)23-17(18(3,4)5)24(10)9-13-7-6-12(11(2)25)8-14(13)19(20,21)22/h6-8H,9H2,1-5H3,(H,26,27). The van der Waals surface area contributed by atoms with Crippen LogP contribution in [-0.4, -0.2) is 26.4 Å². The summed E-state index contributed by atoms with van der Waals surface area (Å²) in [6, 6.07) is 3.43. The molecular weight excluding hydrogens is 361 g/mol. The maximum atomic E-state index is 13.5. The summed E-state index contributed by atoms with van der Waals surface area (Å²) >= 11 is 0. The molecule has 0 radical (unpaired) electrons. The minimum atomic E-state index is -4.65. The molecule has 0 aliphatic rings. The van der Waals surface area contributed by atoms with Crippen molar-refractivity contribution in [1.82, 2.24) is 9.55 Å². The third-order valence-electron chi connectivity index (χ3n) is 4.24. The minimum Gasteiger partial charge on any atom is -0.476 e. The zero-order chi connectivity index (χ0) is 20.7.